The van der Waals surface area contributed by atoms with E-state index in [1.54, 1.807) is 32.3 Å². The number of ether oxygens (including phenoxy) is 3. The number of benzene rings is 2. The van der Waals surface area contributed by atoms with Crippen LogP contribution in [-0.2, 0) is 21.4 Å². The molecule has 0 N–H and O–H groups in total. The number of hydrogen-bond donors (Lipinski definition) is 0. The molecule has 2 amide bonds. The molecule has 2 aromatic rings. The van der Waals surface area contributed by atoms with Gasteiger partial charge in [0, 0.05) is 50.4 Å². The van der Waals surface area contributed by atoms with Crippen LogP contribution in [0.15, 0.2) is 42.5 Å². The number of piperidine rings is 2. The van der Waals surface area contributed by atoms with Crippen LogP contribution in [-0.4, -0.2) is 105 Å². The molecule has 0 aromatic heterocycles. The van der Waals surface area contributed by atoms with E-state index in [4.69, 9.17) is 14.2 Å². The van der Waals surface area contributed by atoms with Crippen molar-refractivity contribution < 1.29 is 32.2 Å². The van der Waals surface area contributed by atoms with Crippen molar-refractivity contribution in [2.45, 2.75) is 56.1 Å². The maximum absolute atomic E-state index is 13.5. The summed E-state index contributed by atoms with van der Waals surface area (Å²) in [4.78, 5) is 31.8. The van der Waals surface area contributed by atoms with E-state index in [9.17, 15) is 18.0 Å². The number of nitrogens with zero attached hydrogens (tertiary/aromatic N) is 4. The first-order valence-electron chi connectivity index (χ1n) is 15.1. The fourth-order valence-electron chi connectivity index (χ4n) is 6.69. The van der Waals surface area contributed by atoms with Crippen LogP contribution in [0.4, 0.5) is 10.5 Å². The van der Waals surface area contributed by atoms with Gasteiger partial charge in [0.25, 0.3) is 5.91 Å². The molecule has 3 fully saturated rings. The number of fused-ring (bicyclic) bond motifs is 1. The Labute approximate surface area is 253 Å². The molecule has 3 saturated heterocycles. The number of methoxy groups -OCH3 is 1. The second-order valence-corrected chi connectivity index (χ2v) is 14.1. The number of likely N-dealkylation sites (tertiary alicyclic amines) is 2. The molecule has 43 heavy (non-hydrogen) atoms. The molecule has 6 rings (SSSR count). The maximum Gasteiger partial charge on any atom is 0.414 e. The summed E-state index contributed by atoms with van der Waals surface area (Å²) in [5.74, 6) is 0.899. The summed E-state index contributed by atoms with van der Waals surface area (Å²) >= 11 is 0. The lowest BCUT2D eigenvalue weighted by atomic mass is 10.00. The molecule has 1 atom stereocenters. The van der Waals surface area contributed by atoms with E-state index in [1.165, 1.54) is 7.11 Å². The van der Waals surface area contributed by atoms with Gasteiger partial charge in [0.1, 0.15) is 24.2 Å². The summed E-state index contributed by atoms with van der Waals surface area (Å²) in [6.07, 6.45) is 2.72. The number of hydrogen-bond acceptors (Lipinski definition) is 8. The van der Waals surface area contributed by atoms with Gasteiger partial charge < -0.3 is 24.0 Å². The van der Waals surface area contributed by atoms with Crippen molar-refractivity contribution in [2.75, 3.05) is 58.3 Å². The summed E-state index contributed by atoms with van der Waals surface area (Å²) in [6.45, 7) is 3.58. The van der Waals surface area contributed by atoms with Crippen molar-refractivity contribution >= 4 is 27.7 Å². The Morgan fingerprint density at radius 3 is 2.40 bits per heavy atom. The fraction of sp³-hybridized carbons (Fsp3) is 0.548. The highest BCUT2D eigenvalue weighted by molar-refractivity contribution is 7.89. The molecule has 11 nitrogen and oxygen atoms in total. The largest absolute Gasteiger partial charge is 0.496 e. The van der Waals surface area contributed by atoms with Crippen molar-refractivity contribution in [1.82, 2.24) is 14.1 Å². The molecule has 0 bridgehead atoms. The second kappa shape index (κ2) is 12.3. The zero-order valence-corrected chi connectivity index (χ0v) is 25.6. The van der Waals surface area contributed by atoms with Gasteiger partial charge >= 0.3 is 6.09 Å². The van der Waals surface area contributed by atoms with Crippen LogP contribution in [0.2, 0.25) is 0 Å². The zero-order chi connectivity index (χ0) is 30.1. The Bertz CT molecular complexity index is 1450. The first kappa shape index (κ1) is 29.7. The predicted octanol–water partition coefficient (Wildman–Crippen LogP) is 3.33. The molecular weight excluding hydrogens is 572 g/mol. The minimum atomic E-state index is -3.31. The number of rotatable bonds is 7. The van der Waals surface area contributed by atoms with Gasteiger partial charge in [-0.3, -0.25) is 9.69 Å². The smallest absolute Gasteiger partial charge is 0.414 e. The van der Waals surface area contributed by atoms with Gasteiger partial charge in [-0.15, -0.1) is 0 Å². The van der Waals surface area contributed by atoms with E-state index in [2.05, 4.69) is 4.90 Å². The number of anilines is 1. The molecular formula is C31H40N4O7S. The SMILES string of the molecule is COc1cc(OC2CCN(S(=O)(=O)C3CCN(C)C3)CC2)ccc1C(=O)N1CCC(N2C(=O)OCc3ccccc32)CC1. The van der Waals surface area contributed by atoms with Crippen LogP contribution >= 0.6 is 0 Å². The topological polar surface area (TPSA) is 109 Å². The number of cyclic esters (lactones) is 1. The number of amides is 2. The molecule has 0 radical (unpaired) electrons. The Balaban J connectivity index is 1.04. The third-order valence-corrected chi connectivity index (χ3v) is 11.5. The quantitative estimate of drug-likeness (QED) is 0.469. The van der Waals surface area contributed by atoms with Crippen molar-refractivity contribution in [1.29, 1.82) is 0 Å². The van der Waals surface area contributed by atoms with Gasteiger partial charge in [0.05, 0.1) is 23.6 Å². The van der Waals surface area contributed by atoms with Crippen molar-refractivity contribution in [3.05, 3.63) is 53.6 Å². The van der Waals surface area contributed by atoms with Crippen LogP contribution < -0.4 is 14.4 Å². The molecule has 1 unspecified atom stereocenters. The average Bonchev–Trinajstić information content (AvgIpc) is 3.48. The maximum atomic E-state index is 13.5. The highest BCUT2D eigenvalue weighted by Crippen LogP contribution is 2.33. The summed E-state index contributed by atoms with van der Waals surface area (Å²) in [5, 5.41) is -0.326. The van der Waals surface area contributed by atoms with Crippen LogP contribution in [0.25, 0.3) is 0 Å². The first-order valence-corrected chi connectivity index (χ1v) is 16.6. The van der Waals surface area contributed by atoms with E-state index >= 15 is 0 Å². The Hall–Kier alpha value is -3.35. The summed E-state index contributed by atoms with van der Waals surface area (Å²) in [7, 11) is 0.186. The predicted molar refractivity (Wildman–Crippen MR) is 161 cm³/mol. The Morgan fingerprint density at radius 1 is 0.953 bits per heavy atom. The highest BCUT2D eigenvalue weighted by Gasteiger charge is 2.38. The van der Waals surface area contributed by atoms with E-state index in [0.717, 1.165) is 17.8 Å². The minimum Gasteiger partial charge on any atom is -0.496 e. The molecule has 0 saturated carbocycles. The normalized spacial score (nSPS) is 22.7. The summed E-state index contributed by atoms with van der Waals surface area (Å²) in [6, 6.07) is 13.0. The fourth-order valence-corrected chi connectivity index (χ4v) is 8.67. The van der Waals surface area contributed by atoms with Gasteiger partial charge in [-0.25, -0.2) is 17.5 Å². The number of carbonyl (C=O) groups excluding carboxylic acids is 2. The number of para-hydroxylation sites is 1. The van der Waals surface area contributed by atoms with E-state index in [-0.39, 0.29) is 36.0 Å². The van der Waals surface area contributed by atoms with Crippen LogP contribution in [0.1, 0.15) is 48.0 Å². The molecule has 0 aliphatic carbocycles. The average molecular weight is 613 g/mol. The molecule has 4 heterocycles. The standard InChI is InChI=1S/C31H40N4O7S/c1-32-14-13-26(20-32)43(38,39)34-17-11-24(12-18-34)42-25-7-8-27(29(19-25)40-2)30(36)33-15-9-23(10-16-33)35-28-6-4-3-5-22(28)21-41-31(35)37/h3-8,19,23-24,26H,9-18,20-21H2,1-2H3. The Morgan fingerprint density at radius 2 is 1.70 bits per heavy atom. The zero-order valence-electron chi connectivity index (χ0n) is 24.8. The third-order valence-electron chi connectivity index (χ3n) is 9.15. The van der Waals surface area contributed by atoms with Gasteiger partial charge in [0.2, 0.25) is 10.0 Å². The lowest BCUT2D eigenvalue weighted by Gasteiger charge is -2.40. The highest BCUT2D eigenvalue weighted by atomic mass is 32.2. The van der Waals surface area contributed by atoms with Gasteiger partial charge in [-0.2, -0.15) is 0 Å². The lowest BCUT2D eigenvalue weighted by Crippen LogP contribution is -2.50. The number of sulfonamides is 1. The van der Waals surface area contributed by atoms with E-state index in [0.29, 0.717) is 81.9 Å². The van der Waals surface area contributed by atoms with E-state index in [1.807, 2.05) is 31.3 Å². The van der Waals surface area contributed by atoms with E-state index < -0.39 is 10.0 Å². The minimum absolute atomic E-state index is 0.0448. The van der Waals surface area contributed by atoms with Crippen LogP contribution in [0.5, 0.6) is 11.5 Å². The Kier molecular flexibility index (Phi) is 8.52. The monoisotopic (exact) mass is 612 g/mol. The number of carbonyl (C=O) groups is 2. The molecule has 4 aliphatic rings. The van der Waals surface area contributed by atoms with Gasteiger partial charge in [-0.05, 0) is 63.9 Å². The third kappa shape index (κ3) is 6.05. The molecule has 2 aromatic carbocycles. The lowest BCUT2D eigenvalue weighted by molar-refractivity contribution is 0.0705. The second-order valence-electron chi connectivity index (χ2n) is 11.9. The molecule has 4 aliphatic heterocycles. The van der Waals surface area contributed by atoms with Crippen molar-refractivity contribution in [3.63, 3.8) is 0 Å². The van der Waals surface area contributed by atoms with Crippen molar-refractivity contribution in [3.8, 4) is 11.5 Å². The first-order chi connectivity index (χ1) is 20.7. The van der Waals surface area contributed by atoms with Gasteiger partial charge in [0.15, 0.2) is 0 Å². The van der Waals surface area contributed by atoms with Crippen molar-refractivity contribution in [2.24, 2.45) is 0 Å². The molecule has 12 heteroatoms. The molecule has 232 valence electrons. The van der Waals surface area contributed by atoms with Gasteiger partial charge in [-0.1, -0.05) is 18.2 Å². The summed E-state index contributed by atoms with van der Waals surface area (Å²) in [5.41, 5.74) is 2.33. The van der Waals surface area contributed by atoms with Crippen LogP contribution in [0, 0.1) is 0 Å². The summed E-state index contributed by atoms with van der Waals surface area (Å²) < 4.78 is 45.0. The molecule has 0 spiro atoms. The van der Waals surface area contributed by atoms with Crippen LogP contribution in [0.3, 0.4) is 0 Å².